The van der Waals surface area contributed by atoms with Crippen molar-refractivity contribution < 1.29 is 81.1 Å². The molecule has 114 heavy (non-hydrogen) atoms. The van der Waals surface area contributed by atoms with Gasteiger partial charge >= 0.3 is 0 Å². The number of pyridine rings is 1. The number of hydrogen-bond donors (Lipinski definition) is 8. The molecule has 32 nitrogen and oxygen atoms in total. The minimum atomic E-state index is -3.31. The van der Waals surface area contributed by atoms with Crippen molar-refractivity contribution in [2.75, 3.05) is 59.7 Å². The Kier molecular flexibility index (Phi) is 21.9. The Morgan fingerprint density at radius 1 is 0.482 bits per heavy atom. The molecule has 0 unspecified atom stereocenters. The minimum absolute atomic E-state index is 0.000786. The van der Waals surface area contributed by atoms with Gasteiger partial charge in [-0.05, 0) is 98.1 Å². The second kappa shape index (κ2) is 31.6. The zero-order valence-corrected chi connectivity index (χ0v) is 62.6. The van der Waals surface area contributed by atoms with Crippen LogP contribution in [0.1, 0.15) is 137 Å². The third-order valence-electron chi connectivity index (χ3n) is 20.2. The van der Waals surface area contributed by atoms with E-state index in [1.807, 2.05) is 18.2 Å². The van der Waals surface area contributed by atoms with E-state index in [1.165, 1.54) is 48.5 Å². The first kappa shape index (κ1) is 79.1. The molecule has 1 aliphatic carbocycles. The first-order valence-corrected chi connectivity index (χ1v) is 37.7. The molecular formula is C80H75FN16O16S. The molecule has 4 fully saturated rings. The number of amides is 7. The number of carbonyl (C=O) groups excluding carboxylic acids is 8. The molecule has 34 heteroatoms. The molecule has 6 aliphatic heterocycles. The number of aromatic nitrogens is 9. The fraction of sp³-hybridized carbons (Fsp3) is 0.312. The third-order valence-corrected chi connectivity index (χ3v) is 21.7. The van der Waals surface area contributed by atoms with E-state index >= 15 is 0 Å². The number of Topliss-reactive ketones (excluding diaryl/α,β-unsaturated/α-hetero) is 1. The number of rotatable bonds is 8. The molecule has 12 N–H and O–H groups in total. The van der Waals surface area contributed by atoms with Gasteiger partial charge in [-0.1, -0.05) is 65.6 Å². The number of carbonyl (C=O) groups is 8. The number of likely N-dealkylation sites (tertiary alicyclic amines) is 3. The Bertz CT molecular complexity index is 5760. The van der Waals surface area contributed by atoms with Gasteiger partial charge in [0.2, 0.25) is 16.8 Å². The number of nitrogens with two attached hydrogens (primary N) is 4. The standard InChI is InChI=1S/C20H15FN4O3.C20H20N4O5S.2C20H20N4O4/c21-13-3-4-14-15(11-13)25(24-18(14)19(22)27)17-10-12(6-9-23-17)5-8-20(28)7-1-2-16(20)26;1-23-9-8-20(27,19(23)26)7-5-13-3-2-4-14(11-13)24-16-12-30(28,29)10-6-15(16)17(22-24)18(21)25;1-23-9-8-20(27,19(23)26)7-5-13-3-2-4-14(11-13)24-16-6-10-28-12-15(16)17(22-24)18(21)25;1-23-9-8-20(27,19(23)26)7-5-13-3-2-4-14(11-13)24-16-12-28-10-6-15(16)17(22-24)18(21)25/h3-4,6,9-11,28H,1-2,7H2,(H2,22,27);2-4,11,27H,6,8-10,12H2,1H3,(H2,21,25);2*2-4,11,27H,6,8-10,12H2,1H3,(H2,21,25)/t4*20-/m1000/s1. The van der Waals surface area contributed by atoms with E-state index in [1.54, 1.807) is 97.2 Å². The fourth-order valence-electron chi connectivity index (χ4n) is 13.9. The number of sulfone groups is 1. The van der Waals surface area contributed by atoms with E-state index < -0.39 is 67.6 Å². The number of nitrogens with zero attached hydrogens (tertiary/aromatic N) is 12. The first-order chi connectivity index (χ1) is 54.2. The highest BCUT2D eigenvalue weighted by molar-refractivity contribution is 7.90. The number of ketones is 1. The number of ether oxygens (including phenoxy) is 2. The van der Waals surface area contributed by atoms with Crippen molar-refractivity contribution in [3.05, 3.63) is 194 Å². The summed E-state index contributed by atoms with van der Waals surface area (Å²) in [6, 6.07) is 28.3. The summed E-state index contributed by atoms with van der Waals surface area (Å²) in [5.41, 5.74) is 24.3. The lowest BCUT2D eigenvalue weighted by Crippen LogP contribution is -2.37. The Morgan fingerprint density at radius 2 is 0.921 bits per heavy atom. The van der Waals surface area contributed by atoms with E-state index in [9.17, 15) is 71.6 Å². The molecular weight excluding hydrogens is 1490 g/mol. The lowest BCUT2D eigenvalue weighted by Gasteiger charge is -2.15. The maximum absolute atomic E-state index is 13.7. The SMILES string of the molecule is CN1CC[C@@](O)(C#Cc2cccc(-n3nc(C(N)=O)c4c3CCOC4)c2)C1=O.CN1CC[C@@](O)(C#Cc2cccc(-n3nc(C(N)=O)c4c3COCC4)c2)C1=O.CN1CC[C@@](O)(C#Cc2cccc(-n3nc(C(N)=O)c4c3CS(=O)(=O)CC4)c2)C1=O.NC(=O)c1nn(-c2cc(C#C[C@]3(O)CCCC3=O)ccn2)c2cc(F)ccc12. The van der Waals surface area contributed by atoms with Crippen LogP contribution in [0.4, 0.5) is 4.39 Å². The molecule has 5 aromatic heterocycles. The number of likely N-dealkylation sites (N-methyl/N-ethyl adjacent to an activating group) is 3. The highest BCUT2D eigenvalue weighted by atomic mass is 32.2. The molecule has 4 atom stereocenters. The van der Waals surface area contributed by atoms with Crippen LogP contribution in [0.25, 0.3) is 33.8 Å². The molecule has 0 radical (unpaired) electrons. The summed E-state index contributed by atoms with van der Waals surface area (Å²) < 4.78 is 55.0. The predicted octanol–water partition coefficient (Wildman–Crippen LogP) is 0.858. The van der Waals surface area contributed by atoms with Gasteiger partial charge in [0.15, 0.2) is 49.8 Å². The van der Waals surface area contributed by atoms with Crippen LogP contribution in [0.5, 0.6) is 0 Å². The molecule has 4 aromatic carbocycles. The fourth-order valence-corrected chi connectivity index (χ4v) is 15.3. The van der Waals surface area contributed by atoms with Crippen molar-refractivity contribution in [2.24, 2.45) is 22.9 Å². The molecule has 0 bridgehead atoms. The van der Waals surface area contributed by atoms with Gasteiger partial charge < -0.3 is 67.5 Å². The van der Waals surface area contributed by atoms with Gasteiger partial charge in [-0.25, -0.2) is 36.5 Å². The van der Waals surface area contributed by atoms with Crippen LogP contribution in [-0.2, 0) is 76.7 Å². The summed E-state index contributed by atoms with van der Waals surface area (Å²) in [6.45, 7) is 3.07. The van der Waals surface area contributed by atoms with Crippen molar-refractivity contribution in [1.82, 2.24) is 58.8 Å². The summed E-state index contributed by atoms with van der Waals surface area (Å²) in [7, 11) is 1.58. The molecule has 0 spiro atoms. The first-order valence-electron chi connectivity index (χ1n) is 35.9. The monoisotopic (exact) mass is 1570 g/mol. The molecule has 3 saturated heterocycles. The van der Waals surface area contributed by atoms with Gasteiger partial charge in [-0.15, -0.1) is 0 Å². The lowest BCUT2D eigenvalue weighted by molar-refractivity contribution is -0.138. The van der Waals surface area contributed by atoms with Gasteiger partial charge in [0, 0.05) is 136 Å². The number of aliphatic hydroxyl groups is 4. The topological polar surface area (TPSA) is 468 Å². The molecule has 584 valence electrons. The average molecular weight is 1570 g/mol. The third kappa shape index (κ3) is 16.2. The van der Waals surface area contributed by atoms with Crippen molar-refractivity contribution in [1.29, 1.82) is 0 Å². The molecule has 11 heterocycles. The van der Waals surface area contributed by atoms with Gasteiger partial charge in [0.05, 0.1) is 77.6 Å². The van der Waals surface area contributed by atoms with Gasteiger partial charge in [0.25, 0.3) is 41.4 Å². The van der Waals surface area contributed by atoms with Crippen molar-refractivity contribution in [3.63, 3.8) is 0 Å². The number of hydrogen-bond acceptors (Lipinski definition) is 21. The van der Waals surface area contributed by atoms with E-state index in [4.69, 9.17) is 32.4 Å². The highest BCUT2D eigenvalue weighted by Gasteiger charge is 2.45. The number of halogens is 1. The van der Waals surface area contributed by atoms with E-state index in [2.05, 4.69) is 72.7 Å². The lowest BCUT2D eigenvalue weighted by atomic mass is 10.0. The van der Waals surface area contributed by atoms with Gasteiger partial charge in [-0.2, -0.15) is 20.4 Å². The van der Waals surface area contributed by atoms with Crippen LogP contribution in [0, 0.1) is 53.2 Å². The Labute approximate surface area is 650 Å². The van der Waals surface area contributed by atoms with Crippen LogP contribution in [0.3, 0.4) is 0 Å². The van der Waals surface area contributed by atoms with E-state index in [-0.39, 0.29) is 77.6 Å². The van der Waals surface area contributed by atoms with Crippen LogP contribution in [0.2, 0.25) is 0 Å². The van der Waals surface area contributed by atoms with Crippen molar-refractivity contribution in [2.45, 2.75) is 99.2 Å². The van der Waals surface area contributed by atoms with Crippen LogP contribution in [0.15, 0.2) is 109 Å². The second-order valence-electron chi connectivity index (χ2n) is 28.1. The average Bonchev–Trinajstić information content (AvgIpc) is 1.62. The summed E-state index contributed by atoms with van der Waals surface area (Å²) in [6.07, 6.45) is 4.85. The Balaban J connectivity index is 0.000000133. The summed E-state index contributed by atoms with van der Waals surface area (Å²) in [4.78, 5) is 104. The zero-order chi connectivity index (χ0) is 81.3. The van der Waals surface area contributed by atoms with Gasteiger partial charge in [0.1, 0.15) is 5.82 Å². The Hall–Kier alpha value is -13.0. The smallest absolute Gasteiger partial charge is 0.269 e. The molecule has 7 aliphatic rings. The summed E-state index contributed by atoms with van der Waals surface area (Å²) >= 11 is 0. The summed E-state index contributed by atoms with van der Waals surface area (Å²) in [5, 5.41) is 59.2. The van der Waals surface area contributed by atoms with Crippen LogP contribution >= 0.6 is 0 Å². The van der Waals surface area contributed by atoms with Crippen LogP contribution in [-0.4, -0.2) is 217 Å². The second-order valence-corrected chi connectivity index (χ2v) is 30.3. The van der Waals surface area contributed by atoms with Gasteiger partial charge in [-0.3, -0.25) is 38.4 Å². The molecule has 7 amide bonds. The van der Waals surface area contributed by atoms with Crippen molar-refractivity contribution in [3.8, 4) is 70.2 Å². The van der Waals surface area contributed by atoms with E-state index in [0.717, 1.165) is 22.6 Å². The largest absolute Gasteiger partial charge is 0.376 e. The highest BCUT2D eigenvalue weighted by Crippen LogP contribution is 2.32. The number of primary amides is 4. The normalized spacial score (nSPS) is 20.9. The summed E-state index contributed by atoms with van der Waals surface area (Å²) in [5.74, 6) is 17.5. The molecule has 16 rings (SSSR count). The number of fused-ring (bicyclic) bond motifs is 4. The Morgan fingerprint density at radius 3 is 1.39 bits per heavy atom. The number of benzene rings is 4. The van der Waals surface area contributed by atoms with E-state index in [0.29, 0.717) is 145 Å². The van der Waals surface area contributed by atoms with Crippen LogP contribution < -0.4 is 22.9 Å². The van der Waals surface area contributed by atoms with Crippen molar-refractivity contribution >= 4 is 67.9 Å². The maximum Gasteiger partial charge on any atom is 0.269 e. The molecule has 1 saturated carbocycles. The maximum atomic E-state index is 13.7. The predicted molar refractivity (Wildman–Crippen MR) is 404 cm³/mol. The molecule has 9 aromatic rings. The quantitative estimate of drug-likeness (QED) is 0.0978. The minimum Gasteiger partial charge on any atom is -0.376 e. The zero-order valence-electron chi connectivity index (χ0n) is 61.8.